The smallest absolute Gasteiger partial charge is 0.145 e. The Morgan fingerprint density at radius 3 is 2.55 bits per heavy atom. The lowest BCUT2D eigenvalue weighted by molar-refractivity contribution is 0.549. The second-order valence-corrected chi connectivity index (χ2v) is 6.83. The van der Waals surface area contributed by atoms with E-state index in [4.69, 9.17) is 4.98 Å². The molecule has 1 aromatic heterocycles. The highest BCUT2D eigenvalue weighted by Crippen LogP contribution is 2.39. The van der Waals surface area contributed by atoms with E-state index >= 15 is 0 Å². The van der Waals surface area contributed by atoms with Crippen LogP contribution in [0.4, 0.5) is 0 Å². The van der Waals surface area contributed by atoms with Gasteiger partial charge in [-0.3, -0.25) is 5.43 Å². The number of pyridine rings is 1. The van der Waals surface area contributed by atoms with Gasteiger partial charge in [-0.1, -0.05) is 66.4 Å². The molecule has 0 aliphatic carbocycles. The van der Waals surface area contributed by atoms with Crippen LogP contribution in [0.2, 0.25) is 0 Å². The van der Waals surface area contributed by atoms with Crippen molar-refractivity contribution in [1.29, 1.82) is 0 Å². The van der Waals surface area contributed by atoms with Gasteiger partial charge in [0.1, 0.15) is 9.91 Å². The molecule has 108 valence electrons. The van der Waals surface area contributed by atoms with Gasteiger partial charge in [0, 0.05) is 10.9 Å². The summed E-state index contributed by atoms with van der Waals surface area (Å²) in [6, 6.07) is 22.6. The Bertz CT molecular complexity index is 860. The Hall–Kier alpha value is -2.33. The van der Waals surface area contributed by atoms with Crippen molar-refractivity contribution in [3.05, 3.63) is 78.0 Å². The molecule has 0 spiro atoms. The lowest BCUT2D eigenvalue weighted by atomic mass is 10.1. The first-order valence-corrected chi connectivity index (χ1v) is 8.02. The lowest BCUT2D eigenvalue weighted by Gasteiger charge is -2.22. The summed E-state index contributed by atoms with van der Waals surface area (Å²) in [7, 11) is 0. The number of hydrogen-bond donors (Lipinski definition) is 1. The predicted molar refractivity (Wildman–Crippen MR) is 92.8 cm³/mol. The number of aromatic nitrogens is 1. The Morgan fingerprint density at radius 1 is 0.909 bits per heavy atom. The van der Waals surface area contributed by atoms with Crippen molar-refractivity contribution in [3.63, 3.8) is 0 Å². The molecule has 2 aromatic carbocycles. The summed E-state index contributed by atoms with van der Waals surface area (Å²) in [5, 5.41) is 6.66. The summed E-state index contributed by atoms with van der Waals surface area (Å²) in [6.45, 7) is 2.12. The highest BCUT2D eigenvalue weighted by Gasteiger charge is 2.35. The standard InChI is InChI=1S/C18H15N3S/c1-18(16-12-11-13-7-5-6-10-15(13)19-16)21-20-17(22-18)14-8-3-2-4-9-14/h2-12,21H,1H3. The fraction of sp³-hybridized carbons (Fsp3) is 0.111. The minimum absolute atomic E-state index is 0.338. The molecule has 4 heteroatoms. The fourth-order valence-corrected chi connectivity index (χ4v) is 3.58. The molecule has 0 fully saturated rings. The van der Waals surface area contributed by atoms with Crippen LogP contribution >= 0.6 is 11.8 Å². The first-order valence-electron chi connectivity index (χ1n) is 7.20. The highest BCUT2D eigenvalue weighted by molar-refractivity contribution is 8.15. The number of nitrogens with one attached hydrogen (secondary N) is 1. The Labute approximate surface area is 133 Å². The summed E-state index contributed by atoms with van der Waals surface area (Å²) >= 11 is 1.70. The minimum atomic E-state index is -0.338. The SMILES string of the molecule is CC1(c2ccc3ccccc3n2)NN=C(c2ccccc2)S1. The van der Waals surface area contributed by atoms with Gasteiger partial charge in [0.2, 0.25) is 0 Å². The molecular formula is C18H15N3S. The topological polar surface area (TPSA) is 37.3 Å². The molecule has 3 nitrogen and oxygen atoms in total. The normalized spacial score (nSPS) is 20.7. The molecular weight excluding hydrogens is 290 g/mol. The number of fused-ring (bicyclic) bond motifs is 1. The maximum atomic E-state index is 4.80. The molecule has 22 heavy (non-hydrogen) atoms. The molecule has 3 aromatic rings. The second-order valence-electron chi connectivity index (χ2n) is 5.42. The molecule has 2 heterocycles. The quantitative estimate of drug-likeness (QED) is 0.774. The predicted octanol–water partition coefficient (Wildman–Crippen LogP) is 4.11. The largest absolute Gasteiger partial charge is 0.287 e. The molecule has 0 bridgehead atoms. The number of benzene rings is 2. The van der Waals surface area contributed by atoms with Crippen molar-refractivity contribution in [3.8, 4) is 0 Å². The van der Waals surface area contributed by atoms with Crippen LogP contribution in [0.1, 0.15) is 18.2 Å². The Balaban J connectivity index is 1.67. The monoisotopic (exact) mass is 305 g/mol. The van der Waals surface area contributed by atoms with Gasteiger partial charge in [0.05, 0.1) is 11.2 Å². The summed E-state index contributed by atoms with van der Waals surface area (Å²) in [6.07, 6.45) is 0. The van der Waals surface area contributed by atoms with Gasteiger partial charge in [0.25, 0.3) is 0 Å². The molecule has 4 rings (SSSR count). The molecule has 1 N–H and O–H groups in total. The van der Waals surface area contributed by atoms with Crippen LogP contribution in [0, 0.1) is 0 Å². The van der Waals surface area contributed by atoms with E-state index in [1.807, 2.05) is 36.4 Å². The summed E-state index contributed by atoms with van der Waals surface area (Å²) in [5.41, 5.74) is 6.38. The molecule has 1 aliphatic rings. The van der Waals surface area contributed by atoms with E-state index in [2.05, 4.69) is 47.8 Å². The molecule has 0 amide bonds. The third kappa shape index (κ3) is 2.25. The average Bonchev–Trinajstić information content (AvgIpc) is 2.99. The first kappa shape index (κ1) is 13.3. The van der Waals surface area contributed by atoms with E-state index in [0.29, 0.717) is 0 Å². The van der Waals surface area contributed by atoms with Gasteiger partial charge < -0.3 is 0 Å². The molecule has 0 radical (unpaired) electrons. The van der Waals surface area contributed by atoms with Crippen molar-refractivity contribution in [2.75, 3.05) is 0 Å². The molecule has 1 unspecified atom stereocenters. The van der Waals surface area contributed by atoms with Crippen LogP contribution in [0.25, 0.3) is 10.9 Å². The van der Waals surface area contributed by atoms with Gasteiger partial charge in [-0.2, -0.15) is 5.10 Å². The highest BCUT2D eigenvalue weighted by atomic mass is 32.2. The average molecular weight is 305 g/mol. The van der Waals surface area contributed by atoms with Crippen molar-refractivity contribution < 1.29 is 0 Å². The van der Waals surface area contributed by atoms with Crippen molar-refractivity contribution in [2.24, 2.45) is 5.10 Å². The van der Waals surface area contributed by atoms with E-state index in [1.54, 1.807) is 11.8 Å². The number of thioether (sulfide) groups is 1. The van der Waals surface area contributed by atoms with Gasteiger partial charge in [0.15, 0.2) is 0 Å². The molecule has 0 saturated carbocycles. The number of hydrazone groups is 1. The summed E-state index contributed by atoms with van der Waals surface area (Å²) < 4.78 is 0. The van der Waals surface area contributed by atoms with Gasteiger partial charge in [-0.25, -0.2) is 4.98 Å². The third-order valence-electron chi connectivity index (χ3n) is 3.78. The van der Waals surface area contributed by atoms with Crippen LogP contribution in [-0.2, 0) is 4.87 Å². The maximum absolute atomic E-state index is 4.80. The summed E-state index contributed by atoms with van der Waals surface area (Å²) in [5.74, 6) is 0. The molecule has 0 saturated heterocycles. The van der Waals surface area contributed by atoms with Crippen LogP contribution < -0.4 is 5.43 Å². The molecule has 1 atom stereocenters. The second kappa shape index (κ2) is 5.14. The van der Waals surface area contributed by atoms with E-state index in [1.165, 1.54) is 0 Å². The van der Waals surface area contributed by atoms with Crippen LogP contribution in [0.3, 0.4) is 0 Å². The van der Waals surface area contributed by atoms with Crippen LogP contribution in [-0.4, -0.2) is 10.0 Å². The maximum Gasteiger partial charge on any atom is 0.145 e. The number of para-hydroxylation sites is 1. The number of hydrogen-bond acceptors (Lipinski definition) is 4. The lowest BCUT2D eigenvalue weighted by Crippen LogP contribution is -2.29. The zero-order valence-corrected chi connectivity index (χ0v) is 13.0. The zero-order chi connectivity index (χ0) is 15.0. The van der Waals surface area contributed by atoms with Gasteiger partial charge in [-0.05, 0) is 19.1 Å². The Morgan fingerprint density at radius 2 is 1.68 bits per heavy atom. The van der Waals surface area contributed by atoms with Gasteiger partial charge >= 0.3 is 0 Å². The molecule has 1 aliphatic heterocycles. The number of rotatable bonds is 2. The van der Waals surface area contributed by atoms with E-state index in [9.17, 15) is 0 Å². The van der Waals surface area contributed by atoms with E-state index in [0.717, 1.165) is 27.2 Å². The van der Waals surface area contributed by atoms with Crippen LogP contribution in [0.5, 0.6) is 0 Å². The Kier molecular flexibility index (Phi) is 3.12. The summed E-state index contributed by atoms with van der Waals surface area (Å²) in [4.78, 5) is 4.46. The number of nitrogens with zero attached hydrogens (tertiary/aromatic N) is 2. The first-order chi connectivity index (χ1) is 10.7. The third-order valence-corrected chi connectivity index (χ3v) is 5.01. The zero-order valence-electron chi connectivity index (χ0n) is 12.2. The van der Waals surface area contributed by atoms with E-state index < -0.39 is 0 Å². The fourth-order valence-electron chi connectivity index (χ4n) is 2.54. The van der Waals surface area contributed by atoms with Crippen LogP contribution in [0.15, 0.2) is 71.8 Å². The van der Waals surface area contributed by atoms with Crippen molar-refractivity contribution >= 4 is 27.7 Å². The van der Waals surface area contributed by atoms with Gasteiger partial charge in [-0.15, -0.1) is 0 Å². The van der Waals surface area contributed by atoms with Crippen molar-refractivity contribution in [1.82, 2.24) is 10.4 Å². The van der Waals surface area contributed by atoms with E-state index in [-0.39, 0.29) is 4.87 Å². The van der Waals surface area contributed by atoms with Crippen molar-refractivity contribution in [2.45, 2.75) is 11.8 Å². The minimum Gasteiger partial charge on any atom is -0.287 e.